The van der Waals surface area contributed by atoms with Crippen LogP contribution in [-0.4, -0.2) is 17.6 Å². The summed E-state index contributed by atoms with van der Waals surface area (Å²) in [5.41, 5.74) is 7.29. The van der Waals surface area contributed by atoms with E-state index in [1.54, 1.807) is 25.4 Å². The van der Waals surface area contributed by atoms with Gasteiger partial charge in [-0.3, -0.25) is 4.98 Å². The summed E-state index contributed by atoms with van der Waals surface area (Å²) >= 11 is 0. The van der Waals surface area contributed by atoms with Gasteiger partial charge in [0.25, 0.3) is 0 Å². The Balaban J connectivity index is 2.09. The van der Waals surface area contributed by atoms with Crippen LogP contribution in [-0.2, 0) is 9.53 Å². The van der Waals surface area contributed by atoms with Crippen molar-refractivity contribution in [3.05, 3.63) is 41.9 Å². The first-order chi connectivity index (χ1) is 7.81. The number of hydrazine groups is 1. The summed E-state index contributed by atoms with van der Waals surface area (Å²) in [5.74, 6) is -0.341. The Morgan fingerprint density at radius 2 is 2.25 bits per heavy atom. The van der Waals surface area contributed by atoms with Crippen LogP contribution < -0.4 is 10.9 Å². The van der Waals surface area contributed by atoms with Crippen molar-refractivity contribution in [3.8, 4) is 0 Å². The number of nitrogens with one attached hydrogen (secondary N) is 2. The van der Waals surface area contributed by atoms with E-state index < -0.39 is 0 Å². The van der Waals surface area contributed by atoms with Crippen LogP contribution in [0.4, 0.5) is 0 Å². The van der Waals surface area contributed by atoms with Crippen LogP contribution in [0.1, 0.15) is 18.5 Å². The molecule has 1 unspecified atom stereocenters. The Morgan fingerprint density at radius 1 is 1.50 bits per heavy atom. The highest BCUT2D eigenvalue weighted by molar-refractivity contribution is 5.88. The summed E-state index contributed by atoms with van der Waals surface area (Å²) < 4.78 is 4.89. The Hall–Kier alpha value is -1.88. The molecule has 1 aromatic heterocycles. The van der Waals surface area contributed by atoms with Gasteiger partial charge in [0.05, 0.1) is 12.6 Å². The second kappa shape index (κ2) is 4.76. The second-order valence-corrected chi connectivity index (χ2v) is 3.33. The van der Waals surface area contributed by atoms with E-state index in [-0.39, 0.29) is 12.0 Å². The molecule has 0 radical (unpaired) electrons. The van der Waals surface area contributed by atoms with Crippen LogP contribution in [0.5, 0.6) is 0 Å². The molecule has 0 aromatic carbocycles. The number of rotatable bonds is 3. The number of carbonyl (C=O) groups excluding carboxylic acids is 1. The molecule has 1 aliphatic heterocycles. The first-order valence-electron chi connectivity index (χ1n) is 5.11. The highest BCUT2D eigenvalue weighted by Gasteiger charge is 2.21. The minimum absolute atomic E-state index is 0.0255. The quantitative estimate of drug-likeness (QED) is 0.732. The molecule has 1 aromatic rings. The van der Waals surface area contributed by atoms with Crippen molar-refractivity contribution >= 4 is 5.97 Å². The number of esters is 1. The van der Waals surface area contributed by atoms with E-state index in [1.807, 2.05) is 12.1 Å². The predicted octanol–water partition coefficient (Wildman–Crippen LogP) is 0.677. The Bertz CT molecular complexity index is 403. The molecule has 0 bridgehead atoms. The molecule has 84 valence electrons. The third-order valence-corrected chi connectivity index (χ3v) is 2.26. The lowest BCUT2D eigenvalue weighted by Gasteiger charge is -2.07. The van der Waals surface area contributed by atoms with Gasteiger partial charge < -0.3 is 10.2 Å². The first-order valence-corrected chi connectivity index (χ1v) is 5.11. The Morgan fingerprint density at radius 3 is 2.94 bits per heavy atom. The van der Waals surface area contributed by atoms with Crippen molar-refractivity contribution in [2.45, 2.75) is 13.0 Å². The Kier molecular flexibility index (Phi) is 3.16. The van der Waals surface area contributed by atoms with Crippen molar-refractivity contribution in [2.24, 2.45) is 0 Å². The third kappa shape index (κ3) is 2.20. The summed E-state index contributed by atoms with van der Waals surface area (Å²) in [6.45, 7) is 2.15. The van der Waals surface area contributed by atoms with Gasteiger partial charge >= 0.3 is 5.97 Å². The molecule has 1 atom stereocenters. The van der Waals surface area contributed by atoms with Gasteiger partial charge in [-0.05, 0) is 30.7 Å². The predicted molar refractivity (Wildman–Crippen MR) is 58.0 cm³/mol. The van der Waals surface area contributed by atoms with E-state index in [0.29, 0.717) is 12.3 Å². The van der Waals surface area contributed by atoms with Gasteiger partial charge in [0.2, 0.25) is 0 Å². The van der Waals surface area contributed by atoms with Gasteiger partial charge in [-0.25, -0.2) is 10.2 Å². The monoisotopic (exact) mass is 219 g/mol. The van der Waals surface area contributed by atoms with Gasteiger partial charge in [0.1, 0.15) is 5.70 Å². The lowest BCUT2D eigenvalue weighted by molar-refractivity contribution is -0.138. The minimum Gasteiger partial charge on any atom is -0.461 e. The van der Waals surface area contributed by atoms with Crippen LogP contribution in [0.25, 0.3) is 0 Å². The molecular formula is C11H13N3O2. The van der Waals surface area contributed by atoms with E-state index in [1.165, 1.54) is 0 Å². The minimum atomic E-state index is -0.341. The lowest BCUT2D eigenvalue weighted by atomic mass is 10.1. The molecule has 2 rings (SSSR count). The molecule has 16 heavy (non-hydrogen) atoms. The largest absolute Gasteiger partial charge is 0.461 e. The summed E-state index contributed by atoms with van der Waals surface area (Å²) in [5, 5.41) is 0. The van der Waals surface area contributed by atoms with Gasteiger partial charge in [0, 0.05) is 12.4 Å². The Labute approximate surface area is 93.5 Å². The molecule has 0 fully saturated rings. The van der Waals surface area contributed by atoms with Crippen molar-refractivity contribution < 1.29 is 9.53 Å². The molecule has 0 spiro atoms. The number of aromatic nitrogens is 1. The van der Waals surface area contributed by atoms with Gasteiger partial charge in [-0.2, -0.15) is 0 Å². The van der Waals surface area contributed by atoms with E-state index in [0.717, 1.165) is 5.56 Å². The zero-order valence-electron chi connectivity index (χ0n) is 8.93. The van der Waals surface area contributed by atoms with Crippen LogP contribution in [0, 0.1) is 0 Å². The SMILES string of the molecule is CCOC(=O)C1=CC(c2ccncc2)NN1. The molecule has 2 N–H and O–H groups in total. The van der Waals surface area contributed by atoms with Crippen molar-refractivity contribution in [1.82, 2.24) is 15.8 Å². The molecule has 0 amide bonds. The molecular weight excluding hydrogens is 206 g/mol. The molecule has 5 nitrogen and oxygen atoms in total. The zero-order valence-corrected chi connectivity index (χ0v) is 8.93. The van der Waals surface area contributed by atoms with Gasteiger partial charge in [-0.15, -0.1) is 0 Å². The fourth-order valence-corrected chi connectivity index (χ4v) is 1.48. The maximum absolute atomic E-state index is 11.4. The molecule has 0 saturated carbocycles. The molecule has 0 saturated heterocycles. The maximum atomic E-state index is 11.4. The highest BCUT2D eigenvalue weighted by atomic mass is 16.5. The normalized spacial score (nSPS) is 18.8. The van der Waals surface area contributed by atoms with Crippen LogP contribution in [0.3, 0.4) is 0 Å². The summed E-state index contributed by atoms with van der Waals surface area (Å²) in [7, 11) is 0. The number of pyridine rings is 1. The zero-order chi connectivity index (χ0) is 11.4. The van der Waals surface area contributed by atoms with Crippen molar-refractivity contribution in [3.63, 3.8) is 0 Å². The topological polar surface area (TPSA) is 63.2 Å². The fourth-order valence-electron chi connectivity index (χ4n) is 1.48. The smallest absolute Gasteiger partial charge is 0.355 e. The number of hydrogen-bond acceptors (Lipinski definition) is 5. The third-order valence-electron chi connectivity index (χ3n) is 2.26. The molecule has 1 aliphatic rings. The van der Waals surface area contributed by atoms with Crippen LogP contribution in [0.2, 0.25) is 0 Å². The fraction of sp³-hybridized carbons (Fsp3) is 0.273. The van der Waals surface area contributed by atoms with Crippen LogP contribution in [0.15, 0.2) is 36.3 Å². The number of ether oxygens (including phenoxy) is 1. The molecule has 2 heterocycles. The van der Waals surface area contributed by atoms with E-state index in [2.05, 4.69) is 15.8 Å². The van der Waals surface area contributed by atoms with Gasteiger partial charge in [0.15, 0.2) is 0 Å². The number of carbonyl (C=O) groups is 1. The van der Waals surface area contributed by atoms with Crippen molar-refractivity contribution in [2.75, 3.05) is 6.61 Å². The average Bonchev–Trinajstić information content (AvgIpc) is 2.80. The summed E-state index contributed by atoms with van der Waals surface area (Å²) in [6, 6.07) is 3.76. The summed E-state index contributed by atoms with van der Waals surface area (Å²) in [4.78, 5) is 15.4. The van der Waals surface area contributed by atoms with E-state index in [9.17, 15) is 4.79 Å². The maximum Gasteiger partial charge on any atom is 0.355 e. The second-order valence-electron chi connectivity index (χ2n) is 3.33. The average molecular weight is 219 g/mol. The lowest BCUT2D eigenvalue weighted by Crippen LogP contribution is -2.29. The van der Waals surface area contributed by atoms with E-state index >= 15 is 0 Å². The van der Waals surface area contributed by atoms with Gasteiger partial charge in [-0.1, -0.05) is 0 Å². The highest BCUT2D eigenvalue weighted by Crippen LogP contribution is 2.18. The number of hydrogen-bond donors (Lipinski definition) is 2. The van der Waals surface area contributed by atoms with E-state index in [4.69, 9.17) is 4.74 Å². The first kappa shape index (κ1) is 10.6. The summed E-state index contributed by atoms with van der Waals surface area (Å²) in [6.07, 6.45) is 5.23. The standard InChI is InChI=1S/C11H13N3O2/c1-2-16-11(15)10-7-9(13-14-10)8-3-5-12-6-4-8/h3-7,9,13-14H,2H2,1H3. The van der Waals surface area contributed by atoms with Crippen LogP contribution >= 0.6 is 0 Å². The van der Waals surface area contributed by atoms with Crippen molar-refractivity contribution in [1.29, 1.82) is 0 Å². The molecule has 5 heteroatoms. The number of nitrogens with zero attached hydrogens (tertiary/aromatic N) is 1. The molecule has 0 aliphatic carbocycles.